The highest BCUT2D eigenvalue weighted by molar-refractivity contribution is 7.99. The average molecular weight is 361 g/mol. The van der Waals surface area contributed by atoms with Crippen molar-refractivity contribution in [1.29, 1.82) is 0 Å². The van der Waals surface area contributed by atoms with Gasteiger partial charge in [0, 0.05) is 30.2 Å². The maximum atomic E-state index is 12.8. The largest absolute Gasteiger partial charge is 0.374 e. The lowest BCUT2D eigenvalue weighted by molar-refractivity contribution is -0.120. The number of rotatable bonds is 10. The minimum absolute atomic E-state index is 0.0331. The quantitative estimate of drug-likeness (QED) is 0.497. The maximum Gasteiger partial charge on any atom is 0.220 e. The first-order chi connectivity index (χ1) is 12.1. The summed E-state index contributed by atoms with van der Waals surface area (Å²) in [7, 11) is 0. The minimum atomic E-state index is -0.245. The Bertz CT molecular complexity index is 634. The second-order valence-electron chi connectivity index (χ2n) is 5.68. The Balaban J connectivity index is 1.51. The van der Waals surface area contributed by atoms with E-state index in [1.165, 1.54) is 12.1 Å². The number of carbonyl (C=O) groups is 1. The van der Waals surface area contributed by atoms with Gasteiger partial charge in [0.1, 0.15) is 5.82 Å². The number of carbonyl (C=O) groups excluding carboxylic acids is 1. The molecule has 25 heavy (non-hydrogen) atoms. The molecule has 0 saturated heterocycles. The fourth-order valence-corrected chi connectivity index (χ4v) is 3.11. The molecule has 0 aliphatic rings. The molecular formula is C20H24FNO2S. The molecule has 1 atom stereocenters. The molecule has 5 heteroatoms. The van der Waals surface area contributed by atoms with Crippen LogP contribution in [0, 0.1) is 5.82 Å². The van der Waals surface area contributed by atoms with Gasteiger partial charge in [0.05, 0.1) is 6.10 Å². The second-order valence-corrected chi connectivity index (χ2v) is 6.85. The summed E-state index contributed by atoms with van der Waals surface area (Å²) >= 11 is 1.55. The van der Waals surface area contributed by atoms with Gasteiger partial charge in [0.25, 0.3) is 0 Å². The number of hydrogen-bond donors (Lipinski definition) is 1. The summed E-state index contributed by atoms with van der Waals surface area (Å²) in [5.74, 6) is 0.468. The highest BCUT2D eigenvalue weighted by Gasteiger charge is 2.05. The fraction of sp³-hybridized carbons (Fsp3) is 0.350. The van der Waals surface area contributed by atoms with Gasteiger partial charge in [-0.25, -0.2) is 4.39 Å². The van der Waals surface area contributed by atoms with E-state index in [1.54, 1.807) is 23.9 Å². The Hall–Kier alpha value is -1.85. The van der Waals surface area contributed by atoms with E-state index in [2.05, 4.69) is 5.32 Å². The molecule has 2 aromatic rings. The molecule has 134 valence electrons. The van der Waals surface area contributed by atoms with Crippen LogP contribution in [0.4, 0.5) is 4.39 Å². The van der Waals surface area contributed by atoms with Crippen molar-refractivity contribution < 1.29 is 13.9 Å². The predicted molar refractivity (Wildman–Crippen MR) is 100 cm³/mol. The average Bonchev–Trinajstić information content (AvgIpc) is 2.63. The van der Waals surface area contributed by atoms with E-state index in [0.717, 1.165) is 16.9 Å². The summed E-state index contributed by atoms with van der Waals surface area (Å²) < 4.78 is 18.6. The van der Waals surface area contributed by atoms with Crippen LogP contribution in [0.2, 0.25) is 0 Å². The third-order valence-corrected chi connectivity index (χ3v) is 4.71. The Labute approximate surface area is 153 Å². The van der Waals surface area contributed by atoms with Crippen LogP contribution in [-0.4, -0.2) is 24.8 Å². The first-order valence-electron chi connectivity index (χ1n) is 8.47. The number of ether oxygens (including phenoxy) is 1. The van der Waals surface area contributed by atoms with E-state index < -0.39 is 0 Å². The number of benzene rings is 2. The number of nitrogens with one attached hydrogen (secondary N) is 1. The monoisotopic (exact) mass is 361 g/mol. The van der Waals surface area contributed by atoms with Gasteiger partial charge >= 0.3 is 0 Å². The molecule has 0 aromatic heterocycles. The molecule has 1 unspecified atom stereocenters. The van der Waals surface area contributed by atoms with E-state index in [0.29, 0.717) is 25.3 Å². The summed E-state index contributed by atoms with van der Waals surface area (Å²) in [5.41, 5.74) is 1.16. The van der Waals surface area contributed by atoms with E-state index in [1.807, 2.05) is 37.3 Å². The first-order valence-corrected chi connectivity index (χ1v) is 9.45. The molecule has 0 spiro atoms. The number of hydrogen-bond acceptors (Lipinski definition) is 3. The van der Waals surface area contributed by atoms with Crippen molar-refractivity contribution in [3.05, 3.63) is 66.0 Å². The minimum Gasteiger partial charge on any atom is -0.374 e. The van der Waals surface area contributed by atoms with Crippen molar-refractivity contribution in [2.24, 2.45) is 0 Å². The highest BCUT2D eigenvalue weighted by Crippen LogP contribution is 2.18. The molecule has 0 fully saturated rings. The molecule has 0 saturated carbocycles. The van der Waals surface area contributed by atoms with E-state index in [9.17, 15) is 9.18 Å². The van der Waals surface area contributed by atoms with E-state index in [4.69, 9.17) is 4.74 Å². The number of amides is 1. The van der Waals surface area contributed by atoms with Crippen LogP contribution >= 0.6 is 11.8 Å². The lowest BCUT2D eigenvalue weighted by Gasteiger charge is -2.13. The summed E-state index contributed by atoms with van der Waals surface area (Å²) in [4.78, 5) is 12.8. The zero-order valence-corrected chi connectivity index (χ0v) is 15.2. The molecule has 0 aliphatic heterocycles. The second kappa shape index (κ2) is 10.9. The van der Waals surface area contributed by atoms with Crippen LogP contribution in [0.3, 0.4) is 0 Å². The Morgan fingerprint density at radius 2 is 1.88 bits per heavy atom. The standard InChI is InChI=1S/C20H24FNO2S/c1-16(17-6-3-2-4-7-17)24-14-5-13-22-20(23)12-15-25-19-10-8-18(21)9-11-19/h2-4,6-11,16H,5,12-15H2,1H3,(H,22,23). The summed E-state index contributed by atoms with van der Waals surface area (Å²) in [6.45, 7) is 3.25. The molecular weight excluding hydrogens is 337 g/mol. The molecule has 3 nitrogen and oxygen atoms in total. The molecule has 2 rings (SSSR count). The smallest absolute Gasteiger partial charge is 0.220 e. The van der Waals surface area contributed by atoms with Crippen molar-refractivity contribution in [2.75, 3.05) is 18.9 Å². The van der Waals surface area contributed by atoms with Gasteiger partial charge in [-0.1, -0.05) is 30.3 Å². The highest BCUT2D eigenvalue weighted by atomic mass is 32.2. The van der Waals surface area contributed by atoms with Crippen LogP contribution in [0.5, 0.6) is 0 Å². The Kier molecular flexibility index (Phi) is 8.49. The van der Waals surface area contributed by atoms with Gasteiger partial charge in [0.15, 0.2) is 0 Å². The van der Waals surface area contributed by atoms with Crippen molar-refractivity contribution in [3.63, 3.8) is 0 Å². The van der Waals surface area contributed by atoms with Gasteiger partial charge in [-0.2, -0.15) is 0 Å². The lowest BCUT2D eigenvalue weighted by Crippen LogP contribution is -2.25. The molecule has 0 bridgehead atoms. The van der Waals surface area contributed by atoms with Crippen LogP contribution in [0.25, 0.3) is 0 Å². The van der Waals surface area contributed by atoms with Crippen LogP contribution < -0.4 is 5.32 Å². The number of halogens is 1. The van der Waals surface area contributed by atoms with E-state index >= 15 is 0 Å². The SMILES string of the molecule is CC(OCCCNC(=O)CCSc1ccc(F)cc1)c1ccccc1. The summed E-state index contributed by atoms with van der Waals surface area (Å²) in [6, 6.07) is 16.4. The summed E-state index contributed by atoms with van der Waals surface area (Å²) in [5, 5.41) is 2.90. The van der Waals surface area contributed by atoms with Gasteiger partial charge < -0.3 is 10.1 Å². The van der Waals surface area contributed by atoms with Gasteiger partial charge in [-0.15, -0.1) is 11.8 Å². The van der Waals surface area contributed by atoms with Gasteiger partial charge in [-0.05, 0) is 43.2 Å². The zero-order chi connectivity index (χ0) is 17.9. The van der Waals surface area contributed by atoms with Gasteiger partial charge in [-0.3, -0.25) is 4.79 Å². The van der Waals surface area contributed by atoms with Gasteiger partial charge in [0.2, 0.25) is 5.91 Å². The topological polar surface area (TPSA) is 38.3 Å². The van der Waals surface area contributed by atoms with E-state index in [-0.39, 0.29) is 17.8 Å². The molecule has 0 heterocycles. The molecule has 1 N–H and O–H groups in total. The fourth-order valence-electron chi connectivity index (χ4n) is 2.26. The first kappa shape index (κ1) is 19.5. The molecule has 0 aliphatic carbocycles. The molecule has 1 amide bonds. The van der Waals surface area contributed by atoms with Crippen molar-refractivity contribution in [2.45, 2.75) is 30.8 Å². The maximum absolute atomic E-state index is 12.8. The van der Waals surface area contributed by atoms with Crippen molar-refractivity contribution in [3.8, 4) is 0 Å². The lowest BCUT2D eigenvalue weighted by atomic mass is 10.1. The third kappa shape index (κ3) is 7.71. The molecule has 2 aromatic carbocycles. The third-order valence-electron chi connectivity index (χ3n) is 3.69. The van der Waals surface area contributed by atoms with Crippen LogP contribution in [0.15, 0.2) is 59.5 Å². The molecule has 0 radical (unpaired) electrons. The Morgan fingerprint density at radius 3 is 2.60 bits per heavy atom. The van der Waals surface area contributed by atoms with Crippen LogP contribution in [0.1, 0.15) is 31.4 Å². The van der Waals surface area contributed by atoms with Crippen molar-refractivity contribution in [1.82, 2.24) is 5.32 Å². The zero-order valence-electron chi connectivity index (χ0n) is 14.4. The van der Waals surface area contributed by atoms with Crippen molar-refractivity contribution >= 4 is 17.7 Å². The normalized spacial score (nSPS) is 11.9. The number of thioether (sulfide) groups is 1. The summed E-state index contributed by atoms with van der Waals surface area (Å²) in [6.07, 6.45) is 1.29. The van der Waals surface area contributed by atoms with Crippen LogP contribution in [-0.2, 0) is 9.53 Å². The predicted octanol–water partition coefficient (Wildman–Crippen LogP) is 4.59. The Morgan fingerprint density at radius 1 is 1.16 bits per heavy atom.